The molecule has 0 aromatic heterocycles. The van der Waals surface area contributed by atoms with E-state index in [9.17, 15) is 14.4 Å². The molecule has 23 heavy (non-hydrogen) atoms. The molecule has 128 valence electrons. The molecule has 3 amide bonds. The minimum atomic E-state index is -1.00. The highest BCUT2D eigenvalue weighted by Crippen LogP contribution is 2.64. The van der Waals surface area contributed by atoms with Crippen molar-refractivity contribution in [3.63, 3.8) is 0 Å². The number of hydrogen-bond donors (Lipinski definition) is 2. The molecule has 4 aliphatic carbocycles. The summed E-state index contributed by atoms with van der Waals surface area (Å²) in [5.74, 6) is 0.00630. The average molecular weight is 343 g/mol. The number of rotatable bonds is 3. The van der Waals surface area contributed by atoms with Crippen LogP contribution in [0.1, 0.15) is 45.4 Å². The lowest BCUT2D eigenvalue weighted by Crippen LogP contribution is -2.57. The number of carbonyl (C=O) groups is 3. The Balaban J connectivity index is 1.66. The molecule has 4 saturated carbocycles. The van der Waals surface area contributed by atoms with Gasteiger partial charge in [-0.15, -0.1) is 11.6 Å². The predicted octanol–water partition coefficient (Wildman–Crippen LogP) is 1.95. The second-order valence-electron chi connectivity index (χ2n) is 7.51. The number of amides is 3. The lowest BCUT2D eigenvalue weighted by Gasteiger charge is -2.58. The Morgan fingerprint density at radius 2 is 1.78 bits per heavy atom. The van der Waals surface area contributed by atoms with Crippen LogP contribution in [-0.2, 0) is 14.3 Å². The van der Waals surface area contributed by atoms with Gasteiger partial charge in [0.15, 0.2) is 6.10 Å². The van der Waals surface area contributed by atoms with Gasteiger partial charge in [-0.25, -0.2) is 4.79 Å². The second kappa shape index (κ2) is 5.65. The molecule has 0 unspecified atom stereocenters. The Morgan fingerprint density at radius 3 is 2.30 bits per heavy atom. The maximum Gasteiger partial charge on any atom is 0.321 e. The minimum Gasteiger partial charge on any atom is -0.452 e. The minimum absolute atomic E-state index is 0.281. The van der Waals surface area contributed by atoms with Crippen LogP contribution in [0.4, 0.5) is 4.79 Å². The first-order valence-electron chi connectivity index (χ1n) is 8.18. The molecule has 3 atom stereocenters. The summed E-state index contributed by atoms with van der Waals surface area (Å²) in [6.07, 6.45) is 4.35. The van der Waals surface area contributed by atoms with Crippen molar-refractivity contribution in [3.8, 4) is 0 Å². The van der Waals surface area contributed by atoms with E-state index in [1.807, 2.05) is 0 Å². The monoisotopic (exact) mass is 342 g/mol. The van der Waals surface area contributed by atoms with Crippen molar-refractivity contribution < 1.29 is 19.1 Å². The number of halogens is 1. The zero-order valence-corrected chi connectivity index (χ0v) is 14.2. The standard InChI is InChI=1S/C16H23ClN2O4/c1-9(12(20)19-14(22)18-2)23-13(21)15-4-10-3-11(5-15)7-16(17,6-10)8-15/h9-11H,3-8H2,1-2H3,(H2,18,19,20,22)/t9-,10-,11-,15?,16?/m0/s1. The van der Waals surface area contributed by atoms with Crippen molar-refractivity contribution in [2.75, 3.05) is 7.05 Å². The third-order valence-electron chi connectivity index (χ3n) is 5.54. The van der Waals surface area contributed by atoms with Crippen molar-refractivity contribution in [1.82, 2.24) is 10.6 Å². The molecule has 0 heterocycles. The van der Waals surface area contributed by atoms with Crippen molar-refractivity contribution in [3.05, 3.63) is 0 Å². The lowest BCUT2D eigenvalue weighted by molar-refractivity contribution is -0.177. The van der Waals surface area contributed by atoms with Crippen LogP contribution in [0.2, 0.25) is 0 Å². The van der Waals surface area contributed by atoms with Gasteiger partial charge in [-0.2, -0.15) is 0 Å². The molecule has 7 heteroatoms. The Bertz CT molecular complexity index is 536. The topological polar surface area (TPSA) is 84.5 Å². The SMILES string of the molecule is CNC(=O)NC(=O)[C@H](C)OC(=O)C12C[C@@H]3C[C@H](CC(Cl)(C3)C1)C2. The van der Waals surface area contributed by atoms with Gasteiger partial charge in [-0.3, -0.25) is 14.9 Å². The smallest absolute Gasteiger partial charge is 0.321 e. The van der Waals surface area contributed by atoms with Gasteiger partial charge in [0.1, 0.15) is 0 Å². The molecule has 4 bridgehead atoms. The van der Waals surface area contributed by atoms with Crippen molar-refractivity contribution in [1.29, 1.82) is 0 Å². The molecule has 0 saturated heterocycles. The van der Waals surface area contributed by atoms with Crippen LogP contribution >= 0.6 is 11.6 Å². The van der Waals surface area contributed by atoms with E-state index in [2.05, 4.69) is 10.6 Å². The molecule has 2 N–H and O–H groups in total. The molecular weight excluding hydrogens is 320 g/mol. The maximum atomic E-state index is 12.7. The summed E-state index contributed by atoms with van der Waals surface area (Å²) in [6, 6.07) is -0.618. The van der Waals surface area contributed by atoms with E-state index in [1.54, 1.807) is 0 Å². The van der Waals surface area contributed by atoms with Crippen LogP contribution in [0.15, 0.2) is 0 Å². The van der Waals surface area contributed by atoms with E-state index in [1.165, 1.54) is 14.0 Å². The van der Waals surface area contributed by atoms with Gasteiger partial charge in [-0.05, 0) is 57.3 Å². The van der Waals surface area contributed by atoms with E-state index in [0.29, 0.717) is 18.3 Å². The number of carbonyl (C=O) groups excluding carboxylic acids is 3. The largest absolute Gasteiger partial charge is 0.452 e. The maximum absolute atomic E-state index is 12.7. The fourth-order valence-corrected chi connectivity index (χ4v) is 5.70. The Labute approximate surface area is 140 Å². The average Bonchev–Trinajstić information content (AvgIpc) is 2.44. The number of urea groups is 1. The number of hydrogen-bond acceptors (Lipinski definition) is 4. The fraction of sp³-hybridized carbons (Fsp3) is 0.812. The zero-order valence-electron chi connectivity index (χ0n) is 13.5. The highest BCUT2D eigenvalue weighted by molar-refractivity contribution is 6.24. The molecule has 4 fully saturated rings. The summed E-state index contributed by atoms with van der Waals surface area (Å²) >= 11 is 6.71. The number of esters is 1. The van der Waals surface area contributed by atoms with Crippen LogP contribution in [-0.4, -0.2) is 35.9 Å². The van der Waals surface area contributed by atoms with Crippen molar-refractivity contribution in [2.45, 2.75) is 56.4 Å². The molecule has 0 radical (unpaired) electrons. The van der Waals surface area contributed by atoms with Gasteiger partial charge in [-0.1, -0.05) is 0 Å². The Kier molecular flexibility index (Phi) is 4.07. The summed E-state index contributed by atoms with van der Waals surface area (Å²) < 4.78 is 5.40. The number of ether oxygens (including phenoxy) is 1. The third-order valence-corrected chi connectivity index (χ3v) is 5.98. The lowest BCUT2D eigenvalue weighted by atomic mass is 9.49. The second-order valence-corrected chi connectivity index (χ2v) is 8.31. The highest BCUT2D eigenvalue weighted by atomic mass is 35.5. The van der Waals surface area contributed by atoms with Crippen molar-refractivity contribution >= 4 is 29.5 Å². The summed E-state index contributed by atoms with van der Waals surface area (Å²) in [5.41, 5.74) is -0.548. The fourth-order valence-electron chi connectivity index (χ4n) is 5.00. The Hall–Kier alpha value is -1.30. The molecule has 4 aliphatic rings. The van der Waals surface area contributed by atoms with Crippen LogP contribution in [0.5, 0.6) is 0 Å². The summed E-state index contributed by atoms with van der Waals surface area (Å²) in [7, 11) is 1.41. The first-order valence-corrected chi connectivity index (χ1v) is 8.56. The first-order chi connectivity index (χ1) is 10.8. The van der Waals surface area contributed by atoms with Gasteiger partial charge in [0.25, 0.3) is 5.91 Å². The van der Waals surface area contributed by atoms with E-state index >= 15 is 0 Å². The van der Waals surface area contributed by atoms with Gasteiger partial charge in [0.2, 0.25) is 0 Å². The summed E-state index contributed by atoms with van der Waals surface area (Å²) in [6.45, 7) is 1.48. The van der Waals surface area contributed by atoms with Crippen LogP contribution in [0.25, 0.3) is 0 Å². The van der Waals surface area contributed by atoms with E-state index in [-0.39, 0.29) is 10.8 Å². The van der Waals surface area contributed by atoms with E-state index in [0.717, 1.165) is 32.1 Å². The van der Waals surface area contributed by atoms with E-state index in [4.69, 9.17) is 16.3 Å². The number of imide groups is 1. The number of nitrogens with one attached hydrogen (secondary N) is 2. The number of alkyl halides is 1. The molecule has 0 aliphatic heterocycles. The highest BCUT2D eigenvalue weighted by Gasteiger charge is 2.61. The van der Waals surface area contributed by atoms with E-state index < -0.39 is 23.5 Å². The molecule has 0 aromatic carbocycles. The normalized spacial score (nSPS) is 38.7. The third kappa shape index (κ3) is 3.05. The van der Waals surface area contributed by atoms with Gasteiger partial charge < -0.3 is 10.1 Å². The van der Waals surface area contributed by atoms with Crippen molar-refractivity contribution in [2.24, 2.45) is 17.3 Å². The van der Waals surface area contributed by atoms with Crippen LogP contribution in [0.3, 0.4) is 0 Å². The van der Waals surface area contributed by atoms with Crippen LogP contribution < -0.4 is 10.6 Å². The zero-order chi connectivity index (χ0) is 16.8. The summed E-state index contributed by atoms with van der Waals surface area (Å²) in [5, 5.41) is 4.41. The molecule has 4 rings (SSSR count). The Morgan fingerprint density at radius 1 is 1.17 bits per heavy atom. The molecule has 0 aromatic rings. The molecular formula is C16H23ClN2O4. The first kappa shape index (κ1) is 16.6. The quantitative estimate of drug-likeness (QED) is 0.606. The predicted molar refractivity (Wildman–Crippen MR) is 83.9 cm³/mol. The summed E-state index contributed by atoms with van der Waals surface area (Å²) in [4.78, 5) is 35.5. The van der Waals surface area contributed by atoms with Crippen LogP contribution in [0, 0.1) is 17.3 Å². The van der Waals surface area contributed by atoms with Gasteiger partial charge >= 0.3 is 12.0 Å². The van der Waals surface area contributed by atoms with Gasteiger partial charge in [0.05, 0.1) is 5.41 Å². The molecule has 6 nitrogen and oxygen atoms in total. The molecule has 0 spiro atoms. The van der Waals surface area contributed by atoms with Gasteiger partial charge in [0, 0.05) is 11.9 Å².